The molecule has 0 fully saturated rings. The van der Waals surface area contributed by atoms with Crippen LogP contribution in [0.25, 0.3) is 0 Å². The zero-order valence-electron chi connectivity index (χ0n) is 8.39. The fourth-order valence-corrected chi connectivity index (χ4v) is 1.87. The molecule has 3 N–H and O–H groups in total. The first-order valence-electron chi connectivity index (χ1n) is 4.68. The minimum absolute atomic E-state index is 0.185. The highest BCUT2D eigenvalue weighted by Gasteiger charge is 2.36. The number of fused-ring (bicyclic) bond motifs is 1. The quantitative estimate of drug-likeness (QED) is 0.595. The summed E-state index contributed by atoms with van der Waals surface area (Å²) in [7, 11) is 0. The molecule has 0 saturated heterocycles. The number of hydrogen-bond acceptors (Lipinski definition) is 2. The third-order valence-corrected chi connectivity index (χ3v) is 3.19. The molecule has 0 spiro atoms. The molecule has 1 aliphatic heterocycles. The Morgan fingerprint density at radius 1 is 1.38 bits per heavy atom. The number of rotatable bonds is 0. The van der Waals surface area contributed by atoms with E-state index in [9.17, 15) is 0 Å². The summed E-state index contributed by atoms with van der Waals surface area (Å²) in [6, 6.07) is 6.56. The maximum absolute atomic E-state index is 5.77. The van der Waals surface area contributed by atoms with E-state index in [0.29, 0.717) is 6.04 Å². The number of hydrogen-bond donors (Lipinski definition) is 2. The van der Waals surface area contributed by atoms with E-state index >= 15 is 0 Å². The normalized spacial score (nSPS) is 23.8. The van der Waals surface area contributed by atoms with Crippen molar-refractivity contribution in [2.24, 2.45) is 0 Å². The van der Waals surface area contributed by atoms with Gasteiger partial charge in [-0.25, -0.2) is 0 Å². The molecule has 1 aromatic rings. The van der Waals surface area contributed by atoms with Crippen molar-refractivity contribution in [1.82, 2.24) is 0 Å². The average molecular weight is 176 g/mol. The lowest BCUT2D eigenvalue weighted by Crippen LogP contribution is -2.29. The SMILES string of the molecule is CC1Nc2ccc(N)cc2C1(C)C. The lowest BCUT2D eigenvalue weighted by molar-refractivity contribution is 0.486. The first-order chi connectivity index (χ1) is 6.01. The summed E-state index contributed by atoms with van der Waals surface area (Å²) in [5.41, 5.74) is 9.37. The molecule has 1 atom stereocenters. The second-order valence-electron chi connectivity index (χ2n) is 4.39. The summed E-state index contributed by atoms with van der Waals surface area (Å²) in [6.45, 7) is 6.70. The molecule has 2 heteroatoms. The van der Waals surface area contributed by atoms with E-state index < -0.39 is 0 Å². The predicted molar refractivity (Wildman–Crippen MR) is 57.0 cm³/mol. The van der Waals surface area contributed by atoms with E-state index in [1.54, 1.807) is 0 Å². The van der Waals surface area contributed by atoms with Crippen LogP contribution >= 0.6 is 0 Å². The molecule has 0 saturated carbocycles. The van der Waals surface area contributed by atoms with Gasteiger partial charge in [0.1, 0.15) is 0 Å². The average Bonchev–Trinajstić information content (AvgIpc) is 2.27. The summed E-state index contributed by atoms with van der Waals surface area (Å²) in [5.74, 6) is 0. The van der Waals surface area contributed by atoms with Crippen molar-refractivity contribution >= 4 is 11.4 Å². The highest BCUT2D eigenvalue weighted by Crippen LogP contribution is 2.41. The number of nitrogens with one attached hydrogen (secondary N) is 1. The molecule has 13 heavy (non-hydrogen) atoms. The van der Waals surface area contributed by atoms with E-state index in [1.807, 2.05) is 6.07 Å². The van der Waals surface area contributed by atoms with Crippen molar-refractivity contribution < 1.29 is 0 Å². The molecule has 0 radical (unpaired) electrons. The molecule has 0 aliphatic carbocycles. The van der Waals surface area contributed by atoms with Crippen LogP contribution < -0.4 is 11.1 Å². The summed E-state index contributed by atoms with van der Waals surface area (Å²) in [4.78, 5) is 0. The molecule has 0 aromatic heterocycles. The van der Waals surface area contributed by atoms with Crippen LogP contribution in [0.1, 0.15) is 26.3 Å². The van der Waals surface area contributed by atoms with E-state index in [2.05, 4.69) is 38.2 Å². The highest BCUT2D eigenvalue weighted by atomic mass is 15.0. The van der Waals surface area contributed by atoms with Gasteiger partial charge in [-0.3, -0.25) is 0 Å². The zero-order chi connectivity index (χ0) is 9.64. The third kappa shape index (κ3) is 1.09. The van der Waals surface area contributed by atoms with Gasteiger partial charge in [-0.2, -0.15) is 0 Å². The molecule has 0 amide bonds. The maximum atomic E-state index is 5.77. The topological polar surface area (TPSA) is 38.0 Å². The number of benzene rings is 1. The second kappa shape index (κ2) is 2.41. The van der Waals surface area contributed by atoms with Gasteiger partial charge in [-0.05, 0) is 30.7 Å². The summed E-state index contributed by atoms with van der Waals surface area (Å²) in [6.07, 6.45) is 0. The van der Waals surface area contributed by atoms with Gasteiger partial charge in [0, 0.05) is 22.8 Å². The second-order valence-corrected chi connectivity index (χ2v) is 4.39. The summed E-state index contributed by atoms with van der Waals surface area (Å²) in [5, 5.41) is 3.46. The Balaban J connectivity index is 2.57. The van der Waals surface area contributed by atoms with Gasteiger partial charge in [0.05, 0.1) is 0 Å². The fourth-order valence-electron chi connectivity index (χ4n) is 1.87. The van der Waals surface area contributed by atoms with Crippen molar-refractivity contribution in [3.05, 3.63) is 23.8 Å². The van der Waals surface area contributed by atoms with Crippen LogP contribution in [0.2, 0.25) is 0 Å². The Bertz CT molecular complexity index is 342. The van der Waals surface area contributed by atoms with Gasteiger partial charge in [0.2, 0.25) is 0 Å². The summed E-state index contributed by atoms with van der Waals surface area (Å²) < 4.78 is 0. The Hall–Kier alpha value is -1.18. The third-order valence-electron chi connectivity index (χ3n) is 3.19. The van der Waals surface area contributed by atoms with Crippen molar-refractivity contribution in [2.75, 3.05) is 11.1 Å². The van der Waals surface area contributed by atoms with Crippen LogP contribution in [0.15, 0.2) is 18.2 Å². The minimum atomic E-state index is 0.185. The molecule has 0 bridgehead atoms. The smallest absolute Gasteiger partial charge is 0.0382 e. The predicted octanol–water partition coefficient (Wildman–Crippen LogP) is 2.36. The van der Waals surface area contributed by atoms with Crippen molar-refractivity contribution in [3.63, 3.8) is 0 Å². The minimum Gasteiger partial charge on any atom is -0.399 e. The number of nitrogens with two attached hydrogens (primary N) is 1. The van der Waals surface area contributed by atoms with Crippen LogP contribution in [-0.2, 0) is 5.41 Å². The molecular weight excluding hydrogens is 160 g/mol. The van der Waals surface area contributed by atoms with Gasteiger partial charge < -0.3 is 11.1 Å². The van der Waals surface area contributed by atoms with Crippen LogP contribution in [-0.4, -0.2) is 6.04 Å². The van der Waals surface area contributed by atoms with Gasteiger partial charge in [-0.15, -0.1) is 0 Å². The van der Waals surface area contributed by atoms with Gasteiger partial charge in [0.15, 0.2) is 0 Å². The van der Waals surface area contributed by atoms with Gasteiger partial charge >= 0.3 is 0 Å². The van der Waals surface area contributed by atoms with Crippen molar-refractivity contribution in [3.8, 4) is 0 Å². The number of anilines is 2. The molecule has 2 rings (SSSR count). The van der Waals surface area contributed by atoms with Crippen LogP contribution in [0.5, 0.6) is 0 Å². The fraction of sp³-hybridized carbons (Fsp3) is 0.455. The van der Waals surface area contributed by atoms with Gasteiger partial charge in [-0.1, -0.05) is 13.8 Å². The van der Waals surface area contributed by atoms with Crippen LogP contribution in [0, 0.1) is 0 Å². The first kappa shape index (κ1) is 8.42. The van der Waals surface area contributed by atoms with E-state index in [4.69, 9.17) is 5.73 Å². The maximum Gasteiger partial charge on any atom is 0.0382 e. The zero-order valence-corrected chi connectivity index (χ0v) is 8.39. The Morgan fingerprint density at radius 2 is 2.08 bits per heavy atom. The van der Waals surface area contributed by atoms with E-state index in [-0.39, 0.29) is 5.41 Å². The molecule has 2 nitrogen and oxygen atoms in total. The molecular formula is C11H16N2. The van der Waals surface area contributed by atoms with Crippen molar-refractivity contribution in [1.29, 1.82) is 0 Å². The molecule has 1 aliphatic rings. The molecule has 1 heterocycles. The van der Waals surface area contributed by atoms with Gasteiger partial charge in [0.25, 0.3) is 0 Å². The molecule has 70 valence electrons. The Kier molecular flexibility index (Phi) is 1.56. The molecule has 1 aromatic carbocycles. The first-order valence-corrected chi connectivity index (χ1v) is 4.68. The van der Waals surface area contributed by atoms with E-state index in [1.165, 1.54) is 11.3 Å². The monoisotopic (exact) mass is 176 g/mol. The standard InChI is InChI=1S/C11H16N2/c1-7-11(2,3)9-6-8(12)4-5-10(9)13-7/h4-7,13H,12H2,1-3H3. The number of nitrogen functional groups attached to an aromatic ring is 1. The largest absolute Gasteiger partial charge is 0.399 e. The van der Waals surface area contributed by atoms with E-state index in [0.717, 1.165) is 5.69 Å². The Morgan fingerprint density at radius 3 is 2.77 bits per heavy atom. The lowest BCUT2D eigenvalue weighted by Gasteiger charge is -2.24. The van der Waals surface area contributed by atoms with Crippen molar-refractivity contribution in [2.45, 2.75) is 32.2 Å². The highest BCUT2D eigenvalue weighted by molar-refractivity contribution is 5.65. The summed E-state index contributed by atoms with van der Waals surface area (Å²) >= 11 is 0. The van der Waals surface area contributed by atoms with Crippen LogP contribution in [0.3, 0.4) is 0 Å². The lowest BCUT2D eigenvalue weighted by atomic mass is 9.81. The molecule has 1 unspecified atom stereocenters. The Labute approximate surface area is 79.1 Å². The van der Waals surface area contributed by atoms with Crippen LogP contribution in [0.4, 0.5) is 11.4 Å².